The first-order chi connectivity index (χ1) is 8.66. The van der Waals surface area contributed by atoms with E-state index < -0.39 is 0 Å². The summed E-state index contributed by atoms with van der Waals surface area (Å²) in [5, 5.41) is 0. The van der Waals surface area contributed by atoms with Crippen LogP contribution in [0.25, 0.3) is 0 Å². The van der Waals surface area contributed by atoms with E-state index in [1.807, 2.05) is 36.2 Å². The normalized spacial score (nSPS) is 18.0. The highest BCUT2D eigenvalue weighted by atomic mass is 79.9. The molecule has 0 N–H and O–H groups in total. The number of allylic oxidation sites excluding steroid dienone is 2. The zero-order valence-corrected chi connectivity index (χ0v) is 12.2. The molecule has 0 fully saturated rings. The molecule has 1 aromatic carbocycles. The molecule has 1 aromatic rings. The van der Waals surface area contributed by atoms with Gasteiger partial charge in [0.05, 0.1) is 0 Å². The van der Waals surface area contributed by atoms with Crippen LogP contribution in [-0.2, 0) is 11.3 Å². The van der Waals surface area contributed by atoms with Crippen molar-refractivity contribution in [2.75, 3.05) is 7.05 Å². The van der Waals surface area contributed by atoms with E-state index in [-0.39, 0.29) is 5.91 Å². The first-order valence-corrected chi connectivity index (χ1v) is 7.10. The number of benzene rings is 1. The van der Waals surface area contributed by atoms with Crippen LogP contribution in [0.2, 0.25) is 0 Å². The quantitative estimate of drug-likeness (QED) is 0.776. The fourth-order valence-electron chi connectivity index (χ4n) is 2.22. The van der Waals surface area contributed by atoms with Gasteiger partial charge >= 0.3 is 0 Å². The molecule has 0 heterocycles. The van der Waals surface area contributed by atoms with Crippen molar-refractivity contribution in [3.05, 3.63) is 46.5 Å². The Hall–Kier alpha value is -1.09. The molecule has 18 heavy (non-hydrogen) atoms. The number of halogens is 1. The van der Waals surface area contributed by atoms with Gasteiger partial charge in [-0.2, -0.15) is 0 Å². The molecule has 2 rings (SSSR count). The number of hydrogen-bond acceptors (Lipinski definition) is 1. The molecule has 1 amide bonds. The molecule has 0 bridgehead atoms. The average Bonchev–Trinajstić information content (AvgIpc) is 2.84. The number of nitrogens with zero attached hydrogens (tertiary/aromatic N) is 1. The number of carbonyl (C=O) groups excluding carboxylic acids is 1. The second-order valence-electron chi connectivity index (χ2n) is 4.81. The maximum Gasteiger partial charge on any atom is 0.223 e. The Morgan fingerprint density at radius 3 is 2.89 bits per heavy atom. The highest BCUT2D eigenvalue weighted by Gasteiger charge is 2.17. The van der Waals surface area contributed by atoms with Crippen LogP contribution in [0.5, 0.6) is 0 Å². The standard InChI is InChI=1S/C15H18BrNO/c1-17(11-13-8-4-5-9-14(13)16)15(18)10-12-6-2-3-7-12/h2,4-6,8-9,12H,3,7,10-11H2,1H3. The predicted octanol–water partition coefficient (Wildman–Crippen LogP) is 3.76. The van der Waals surface area contributed by atoms with Crippen molar-refractivity contribution in [1.29, 1.82) is 0 Å². The minimum absolute atomic E-state index is 0.224. The van der Waals surface area contributed by atoms with Crippen molar-refractivity contribution in [2.24, 2.45) is 5.92 Å². The number of amides is 1. The monoisotopic (exact) mass is 307 g/mol. The van der Waals surface area contributed by atoms with Crippen molar-refractivity contribution in [2.45, 2.75) is 25.8 Å². The summed E-state index contributed by atoms with van der Waals surface area (Å²) in [6.45, 7) is 0.663. The topological polar surface area (TPSA) is 20.3 Å². The Morgan fingerprint density at radius 1 is 1.44 bits per heavy atom. The van der Waals surface area contributed by atoms with Crippen LogP contribution in [0.4, 0.5) is 0 Å². The molecule has 0 saturated carbocycles. The maximum absolute atomic E-state index is 12.1. The third-order valence-electron chi connectivity index (χ3n) is 3.34. The summed E-state index contributed by atoms with van der Waals surface area (Å²) in [7, 11) is 1.88. The first-order valence-electron chi connectivity index (χ1n) is 6.31. The Kier molecular flexibility index (Phi) is 4.59. The summed E-state index contributed by atoms with van der Waals surface area (Å²) in [5.41, 5.74) is 1.15. The van der Waals surface area contributed by atoms with Gasteiger partial charge in [-0.25, -0.2) is 0 Å². The van der Waals surface area contributed by atoms with Gasteiger partial charge in [0.1, 0.15) is 0 Å². The molecule has 1 aliphatic carbocycles. The Balaban J connectivity index is 1.91. The summed E-state index contributed by atoms with van der Waals surface area (Å²) < 4.78 is 1.06. The number of hydrogen-bond donors (Lipinski definition) is 0. The van der Waals surface area contributed by atoms with Crippen molar-refractivity contribution < 1.29 is 4.79 Å². The molecular formula is C15H18BrNO. The van der Waals surface area contributed by atoms with E-state index in [9.17, 15) is 4.79 Å². The number of carbonyl (C=O) groups is 1. The highest BCUT2D eigenvalue weighted by molar-refractivity contribution is 9.10. The van der Waals surface area contributed by atoms with Crippen LogP contribution in [0.1, 0.15) is 24.8 Å². The second-order valence-corrected chi connectivity index (χ2v) is 5.67. The van der Waals surface area contributed by atoms with Crippen LogP contribution >= 0.6 is 15.9 Å². The molecule has 2 nitrogen and oxygen atoms in total. The summed E-state index contributed by atoms with van der Waals surface area (Å²) in [6, 6.07) is 8.04. The van der Waals surface area contributed by atoms with Crippen LogP contribution in [0, 0.1) is 5.92 Å². The fourth-order valence-corrected chi connectivity index (χ4v) is 2.63. The van der Waals surface area contributed by atoms with E-state index in [1.165, 1.54) is 0 Å². The lowest BCUT2D eigenvalue weighted by Gasteiger charge is -2.19. The van der Waals surface area contributed by atoms with Gasteiger partial charge in [-0.3, -0.25) is 4.79 Å². The highest BCUT2D eigenvalue weighted by Crippen LogP contribution is 2.22. The van der Waals surface area contributed by atoms with Gasteiger partial charge in [0.15, 0.2) is 0 Å². The van der Waals surface area contributed by atoms with Gasteiger partial charge in [0.2, 0.25) is 5.91 Å². The fraction of sp³-hybridized carbons (Fsp3) is 0.400. The van der Waals surface area contributed by atoms with E-state index in [1.54, 1.807) is 0 Å². The van der Waals surface area contributed by atoms with Gasteiger partial charge in [0, 0.05) is 24.5 Å². The van der Waals surface area contributed by atoms with E-state index in [0.717, 1.165) is 22.9 Å². The van der Waals surface area contributed by atoms with Crippen molar-refractivity contribution in [1.82, 2.24) is 4.90 Å². The largest absolute Gasteiger partial charge is 0.341 e. The maximum atomic E-state index is 12.1. The Bertz CT molecular complexity index is 456. The van der Waals surface area contributed by atoms with Crippen molar-refractivity contribution in [3.8, 4) is 0 Å². The zero-order chi connectivity index (χ0) is 13.0. The predicted molar refractivity (Wildman–Crippen MR) is 77.1 cm³/mol. The van der Waals surface area contributed by atoms with Gasteiger partial charge in [-0.05, 0) is 30.4 Å². The van der Waals surface area contributed by atoms with Gasteiger partial charge in [-0.1, -0.05) is 46.3 Å². The van der Waals surface area contributed by atoms with Gasteiger partial charge in [0.25, 0.3) is 0 Å². The summed E-state index contributed by atoms with van der Waals surface area (Å²) in [5.74, 6) is 0.668. The Morgan fingerprint density at radius 2 is 2.22 bits per heavy atom. The Labute approximate surface area is 117 Å². The summed E-state index contributed by atoms with van der Waals surface area (Å²) in [4.78, 5) is 13.9. The van der Waals surface area contributed by atoms with Crippen LogP contribution in [0.15, 0.2) is 40.9 Å². The number of rotatable bonds is 4. The van der Waals surface area contributed by atoms with E-state index in [0.29, 0.717) is 18.9 Å². The average molecular weight is 308 g/mol. The molecule has 0 spiro atoms. The molecule has 3 heteroatoms. The molecular weight excluding hydrogens is 290 g/mol. The summed E-state index contributed by atoms with van der Waals surface area (Å²) in [6.07, 6.45) is 7.22. The molecule has 0 aliphatic heterocycles. The first kappa shape index (κ1) is 13.3. The van der Waals surface area contributed by atoms with Crippen LogP contribution in [0.3, 0.4) is 0 Å². The molecule has 96 valence electrons. The molecule has 1 atom stereocenters. The second kappa shape index (κ2) is 6.19. The van der Waals surface area contributed by atoms with Gasteiger partial charge < -0.3 is 4.90 Å². The van der Waals surface area contributed by atoms with E-state index in [4.69, 9.17) is 0 Å². The molecule has 0 saturated heterocycles. The lowest BCUT2D eigenvalue weighted by Crippen LogP contribution is -2.27. The smallest absolute Gasteiger partial charge is 0.223 e. The molecule has 0 radical (unpaired) electrons. The van der Waals surface area contributed by atoms with Crippen LogP contribution < -0.4 is 0 Å². The van der Waals surface area contributed by atoms with Crippen molar-refractivity contribution in [3.63, 3.8) is 0 Å². The molecule has 1 aliphatic rings. The molecule has 0 aromatic heterocycles. The van der Waals surface area contributed by atoms with E-state index in [2.05, 4.69) is 28.1 Å². The lowest BCUT2D eigenvalue weighted by molar-refractivity contribution is -0.131. The minimum Gasteiger partial charge on any atom is -0.341 e. The third-order valence-corrected chi connectivity index (χ3v) is 4.11. The van der Waals surface area contributed by atoms with Crippen LogP contribution in [-0.4, -0.2) is 17.9 Å². The molecule has 1 unspecified atom stereocenters. The van der Waals surface area contributed by atoms with Crippen molar-refractivity contribution >= 4 is 21.8 Å². The third kappa shape index (κ3) is 3.45. The summed E-state index contributed by atoms with van der Waals surface area (Å²) >= 11 is 3.51. The zero-order valence-electron chi connectivity index (χ0n) is 10.6. The van der Waals surface area contributed by atoms with Gasteiger partial charge in [-0.15, -0.1) is 0 Å². The minimum atomic E-state index is 0.224. The lowest BCUT2D eigenvalue weighted by atomic mass is 10.0. The SMILES string of the molecule is CN(Cc1ccccc1Br)C(=O)CC1C=CCC1. The van der Waals surface area contributed by atoms with E-state index >= 15 is 0 Å².